The molecule has 2 aromatic rings. The summed E-state index contributed by atoms with van der Waals surface area (Å²) >= 11 is 1.68. The van der Waals surface area contributed by atoms with Crippen LogP contribution in [0.25, 0.3) is 4.96 Å². The van der Waals surface area contributed by atoms with Crippen LogP contribution < -0.4 is 10.2 Å². The van der Waals surface area contributed by atoms with Crippen molar-refractivity contribution in [3.63, 3.8) is 0 Å². The number of ether oxygens (including phenoxy) is 1. The molecule has 0 fully saturated rings. The number of aromatic nitrogens is 2. The highest BCUT2D eigenvalue weighted by atomic mass is 32.1. The Bertz CT molecular complexity index is 536. The fraction of sp³-hybridized carbons (Fsp3) is 0.643. The summed E-state index contributed by atoms with van der Waals surface area (Å²) in [5, 5.41) is 5.49. The van der Waals surface area contributed by atoms with Crippen LogP contribution in [0.15, 0.2) is 11.6 Å². The lowest BCUT2D eigenvalue weighted by atomic mass is 10.2. The van der Waals surface area contributed by atoms with Gasteiger partial charge < -0.3 is 15.0 Å². The van der Waals surface area contributed by atoms with Gasteiger partial charge in [0.1, 0.15) is 0 Å². The third-order valence-corrected chi connectivity index (χ3v) is 4.46. The molecule has 0 bridgehead atoms. The Morgan fingerprint density at radius 1 is 1.55 bits per heavy atom. The van der Waals surface area contributed by atoms with Gasteiger partial charge in [0.25, 0.3) is 0 Å². The number of nitrogens with zero attached hydrogens (tertiary/aromatic N) is 3. The van der Waals surface area contributed by atoms with E-state index in [4.69, 9.17) is 9.72 Å². The maximum Gasteiger partial charge on any atom is 0.195 e. The zero-order valence-electron chi connectivity index (χ0n) is 12.7. The molecule has 1 unspecified atom stereocenters. The Kier molecular flexibility index (Phi) is 5.39. The van der Waals surface area contributed by atoms with Crippen molar-refractivity contribution in [2.75, 3.05) is 32.2 Å². The Morgan fingerprint density at radius 2 is 2.35 bits per heavy atom. The van der Waals surface area contributed by atoms with Gasteiger partial charge in [-0.2, -0.15) is 0 Å². The van der Waals surface area contributed by atoms with E-state index in [1.807, 2.05) is 0 Å². The minimum atomic E-state index is 0.484. The second-order valence-corrected chi connectivity index (χ2v) is 5.85. The molecule has 5 nitrogen and oxygen atoms in total. The number of imidazole rings is 1. The average molecular weight is 296 g/mol. The topological polar surface area (TPSA) is 41.8 Å². The highest BCUT2D eigenvalue weighted by Gasteiger charge is 2.18. The number of rotatable bonds is 8. The molecular weight excluding hydrogens is 272 g/mol. The summed E-state index contributed by atoms with van der Waals surface area (Å²) in [5.74, 6) is 1.08. The SMILES string of the molecule is CCC(C)N(C)c1nc2sccn2c1CNCCOC. The summed E-state index contributed by atoms with van der Waals surface area (Å²) in [6, 6.07) is 0.484. The normalized spacial score (nSPS) is 13.0. The van der Waals surface area contributed by atoms with E-state index in [-0.39, 0.29) is 0 Å². The minimum absolute atomic E-state index is 0.484. The van der Waals surface area contributed by atoms with Gasteiger partial charge in [0, 0.05) is 44.9 Å². The molecule has 0 saturated heterocycles. The summed E-state index contributed by atoms with van der Waals surface area (Å²) < 4.78 is 7.25. The summed E-state index contributed by atoms with van der Waals surface area (Å²) in [4.78, 5) is 8.10. The van der Waals surface area contributed by atoms with Crippen molar-refractivity contribution in [2.24, 2.45) is 0 Å². The van der Waals surface area contributed by atoms with Crippen LogP contribution in [-0.4, -0.2) is 42.7 Å². The molecular formula is C14H24N4OS. The van der Waals surface area contributed by atoms with Crippen molar-refractivity contribution >= 4 is 22.1 Å². The summed E-state index contributed by atoms with van der Waals surface area (Å²) in [7, 11) is 3.85. The third-order valence-electron chi connectivity index (χ3n) is 3.70. The van der Waals surface area contributed by atoms with Crippen molar-refractivity contribution < 1.29 is 4.74 Å². The molecule has 0 saturated carbocycles. The van der Waals surface area contributed by atoms with E-state index in [0.717, 1.165) is 36.9 Å². The molecule has 112 valence electrons. The van der Waals surface area contributed by atoms with Gasteiger partial charge in [-0.15, -0.1) is 11.3 Å². The lowest BCUT2D eigenvalue weighted by molar-refractivity contribution is 0.199. The summed E-state index contributed by atoms with van der Waals surface area (Å²) in [6.45, 7) is 6.81. The molecule has 2 rings (SSSR count). The van der Waals surface area contributed by atoms with Crippen molar-refractivity contribution in [3.8, 4) is 0 Å². The number of thiazole rings is 1. The van der Waals surface area contributed by atoms with E-state index < -0.39 is 0 Å². The quantitative estimate of drug-likeness (QED) is 0.759. The molecule has 0 radical (unpaired) electrons. The molecule has 0 spiro atoms. The van der Waals surface area contributed by atoms with Crippen LogP contribution in [0.4, 0.5) is 5.82 Å². The van der Waals surface area contributed by atoms with E-state index in [2.05, 4.69) is 47.1 Å². The van der Waals surface area contributed by atoms with E-state index >= 15 is 0 Å². The second-order valence-electron chi connectivity index (χ2n) is 4.98. The first kappa shape index (κ1) is 15.3. The van der Waals surface area contributed by atoms with Gasteiger partial charge in [0.2, 0.25) is 0 Å². The predicted octanol–water partition coefficient (Wildman–Crippen LogP) is 2.37. The third kappa shape index (κ3) is 3.13. The van der Waals surface area contributed by atoms with Gasteiger partial charge in [0.05, 0.1) is 12.3 Å². The zero-order valence-corrected chi connectivity index (χ0v) is 13.5. The number of anilines is 1. The van der Waals surface area contributed by atoms with Crippen LogP contribution in [0.5, 0.6) is 0 Å². The van der Waals surface area contributed by atoms with Crippen LogP contribution in [0.1, 0.15) is 26.0 Å². The lowest BCUT2D eigenvalue weighted by Crippen LogP contribution is -2.30. The van der Waals surface area contributed by atoms with Gasteiger partial charge in [-0.05, 0) is 13.3 Å². The Morgan fingerprint density at radius 3 is 3.05 bits per heavy atom. The standard InChI is InChI=1S/C14H24N4OS/c1-5-11(2)17(3)13-12(10-15-6-8-19-4)18-7-9-20-14(18)16-13/h7,9,11,15H,5-6,8,10H2,1-4H3. The van der Waals surface area contributed by atoms with Gasteiger partial charge >= 0.3 is 0 Å². The Balaban J connectivity index is 2.21. The minimum Gasteiger partial charge on any atom is -0.383 e. The number of methoxy groups -OCH3 is 1. The monoisotopic (exact) mass is 296 g/mol. The molecule has 6 heteroatoms. The Labute approximate surface area is 124 Å². The lowest BCUT2D eigenvalue weighted by Gasteiger charge is -2.25. The largest absolute Gasteiger partial charge is 0.383 e. The van der Waals surface area contributed by atoms with Gasteiger partial charge in [0.15, 0.2) is 10.8 Å². The van der Waals surface area contributed by atoms with Crippen molar-refractivity contribution in [3.05, 3.63) is 17.3 Å². The summed E-state index contributed by atoms with van der Waals surface area (Å²) in [6.07, 6.45) is 3.20. The first-order valence-electron chi connectivity index (χ1n) is 7.06. The van der Waals surface area contributed by atoms with Crippen molar-refractivity contribution in [2.45, 2.75) is 32.9 Å². The maximum absolute atomic E-state index is 5.07. The van der Waals surface area contributed by atoms with Gasteiger partial charge in [-0.3, -0.25) is 4.40 Å². The van der Waals surface area contributed by atoms with E-state index in [1.54, 1.807) is 18.4 Å². The van der Waals surface area contributed by atoms with E-state index in [0.29, 0.717) is 6.04 Å². The molecule has 20 heavy (non-hydrogen) atoms. The predicted molar refractivity (Wildman–Crippen MR) is 84.8 cm³/mol. The molecule has 0 aliphatic carbocycles. The van der Waals surface area contributed by atoms with Crippen LogP contribution in [-0.2, 0) is 11.3 Å². The number of hydrogen-bond acceptors (Lipinski definition) is 5. The highest BCUT2D eigenvalue weighted by Crippen LogP contribution is 2.25. The van der Waals surface area contributed by atoms with E-state index in [1.165, 1.54) is 5.69 Å². The molecule has 0 aromatic carbocycles. The summed E-state index contributed by atoms with van der Waals surface area (Å²) in [5.41, 5.74) is 1.22. The molecule has 0 amide bonds. The molecule has 1 N–H and O–H groups in total. The fourth-order valence-electron chi connectivity index (χ4n) is 2.13. The van der Waals surface area contributed by atoms with Gasteiger partial charge in [-0.1, -0.05) is 6.92 Å². The molecule has 0 aliphatic heterocycles. The van der Waals surface area contributed by atoms with Crippen LogP contribution in [0, 0.1) is 0 Å². The fourth-order valence-corrected chi connectivity index (χ4v) is 2.86. The number of hydrogen-bond donors (Lipinski definition) is 1. The van der Waals surface area contributed by atoms with E-state index in [9.17, 15) is 0 Å². The molecule has 0 aliphatic rings. The first-order chi connectivity index (χ1) is 9.69. The van der Waals surface area contributed by atoms with Crippen LogP contribution >= 0.6 is 11.3 Å². The molecule has 2 heterocycles. The average Bonchev–Trinajstić information content (AvgIpc) is 3.03. The van der Waals surface area contributed by atoms with Crippen molar-refractivity contribution in [1.29, 1.82) is 0 Å². The highest BCUT2D eigenvalue weighted by molar-refractivity contribution is 7.15. The van der Waals surface area contributed by atoms with Crippen LogP contribution in [0.2, 0.25) is 0 Å². The van der Waals surface area contributed by atoms with Crippen molar-refractivity contribution in [1.82, 2.24) is 14.7 Å². The number of nitrogens with one attached hydrogen (secondary N) is 1. The smallest absolute Gasteiger partial charge is 0.195 e. The Hall–Kier alpha value is -1.11. The number of fused-ring (bicyclic) bond motifs is 1. The maximum atomic E-state index is 5.07. The zero-order chi connectivity index (χ0) is 14.5. The van der Waals surface area contributed by atoms with Crippen LogP contribution in [0.3, 0.4) is 0 Å². The first-order valence-corrected chi connectivity index (χ1v) is 7.93. The van der Waals surface area contributed by atoms with Gasteiger partial charge in [-0.25, -0.2) is 4.98 Å². The second kappa shape index (κ2) is 7.06. The molecule has 2 aromatic heterocycles. The molecule has 1 atom stereocenters.